The van der Waals surface area contributed by atoms with Crippen molar-refractivity contribution in [2.24, 2.45) is 14.1 Å². The van der Waals surface area contributed by atoms with Crippen LogP contribution in [0.3, 0.4) is 0 Å². The van der Waals surface area contributed by atoms with E-state index in [0.717, 1.165) is 4.57 Å². The number of carbonyl (C=O) groups is 1. The first-order valence-corrected chi connectivity index (χ1v) is 10.9. The van der Waals surface area contributed by atoms with Gasteiger partial charge in [0.05, 0.1) is 22.8 Å². The molecule has 0 aliphatic carbocycles. The molecule has 3 aromatic heterocycles. The number of aryl methyl sites for hydroxylation is 2. The number of carbonyl (C=O) groups excluding carboxylic acids is 1. The van der Waals surface area contributed by atoms with E-state index >= 15 is 0 Å². The Hall–Kier alpha value is -2.85. The summed E-state index contributed by atoms with van der Waals surface area (Å²) in [5.74, 6) is 0. The Morgan fingerprint density at radius 3 is 2.50 bits per heavy atom. The zero-order chi connectivity index (χ0) is 23.5. The molecule has 0 fully saturated rings. The van der Waals surface area contributed by atoms with Gasteiger partial charge in [-0.1, -0.05) is 23.7 Å². The van der Waals surface area contributed by atoms with E-state index in [0.29, 0.717) is 26.4 Å². The van der Waals surface area contributed by atoms with Crippen molar-refractivity contribution < 1.29 is 9.53 Å². The Morgan fingerprint density at radius 1 is 1.16 bits per heavy atom. The Bertz CT molecular complexity index is 1520. The molecular formula is C21H21BrClN5O4. The predicted molar refractivity (Wildman–Crippen MR) is 126 cm³/mol. The molecule has 4 aromatic rings. The van der Waals surface area contributed by atoms with Crippen molar-refractivity contribution in [1.29, 1.82) is 0 Å². The van der Waals surface area contributed by atoms with E-state index in [1.54, 1.807) is 63.7 Å². The van der Waals surface area contributed by atoms with Gasteiger partial charge in [-0.2, -0.15) is 0 Å². The number of fused-ring (bicyclic) bond motifs is 2. The highest BCUT2D eigenvalue weighted by Crippen LogP contribution is 2.28. The molecule has 0 spiro atoms. The molecule has 0 N–H and O–H groups in total. The van der Waals surface area contributed by atoms with Gasteiger partial charge in [-0.25, -0.2) is 19.1 Å². The molecule has 0 atom stereocenters. The third kappa shape index (κ3) is 3.57. The minimum Gasteiger partial charge on any atom is -0.443 e. The van der Waals surface area contributed by atoms with Crippen molar-refractivity contribution in [2.45, 2.75) is 32.9 Å². The second-order valence-electron chi connectivity index (χ2n) is 8.47. The SMILES string of the molecule is Cn1c(Br)nc2c1c(=O)n(Cc1cc3cccc(Cl)c3n1C(=O)OC(C)(C)C)c(=O)n2C. The fraction of sp³-hybridized carbons (Fsp3) is 0.333. The summed E-state index contributed by atoms with van der Waals surface area (Å²) < 4.78 is 11.2. The number of para-hydroxylation sites is 1. The molecule has 0 aliphatic rings. The third-order valence-electron chi connectivity index (χ3n) is 5.05. The van der Waals surface area contributed by atoms with Gasteiger partial charge in [-0.3, -0.25) is 13.9 Å². The van der Waals surface area contributed by atoms with Gasteiger partial charge in [0.15, 0.2) is 15.9 Å². The molecule has 4 rings (SSSR count). The highest BCUT2D eigenvalue weighted by Gasteiger charge is 2.25. The van der Waals surface area contributed by atoms with E-state index in [9.17, 15) is 14.4 Å². The molecule has 0 aliphatic heterocycles. The lowest BCUT2D eigenvalue weighted by molar-refractivity contribution is 0.0540. The van der Waals surface area contributed by atoms with Crippen molar-refractivity contribution >= 4 is 55.7 Å². The molecule has 0 saturated heterocycles. The summed E-state index contributed by atoms with van der Waals surface area (Å²) in [7, 11) is 3.22. The maximum atomic E-state index is 13.2. The van der Waals surface area contributed by atoms with Gasteiger partial charge in [0.1, 0.15) is 5.60 Å². The summed E-state index contributed by atoms with van der Waals surface area (Å²) >= 11 is 9.69. The number of aromatic nitrogens is 5. The molecule has 9 nitrogen and oxygen atoms in total. The van der Waals surface area contributed by atoms with E-state index < -0.39 is 22.9 Å². The number of hydrogen-bond donors (Lipinski definition) is 0. The first-order valence-electron chi connectivity index (χ1n) is 9.74. The van der Waals surface area contributed by atoms with Crippen LogP contribution in [0.4, 0.5) is 4.79 Å². The van der Waals surface area contributed by atoms with Crippen molar-refractivity contribution in [3.63, 3.8) is 0 Å². The topological polar surface area (TPSA) is 93.1 Å². The normalized spacial score (nSPS) is 12.1. The Kier molecular flexibility index (Phi) is 5.33. The Balaban J connectivity index is 1.97. The van der Waals surface area contributed by atoms with Gasteiger partial charge in [0, 0.05) is 19.5 Å². The molecule has 11 heteroatoms. The number of imidazole rings is 1. The van der Waals surface area contributed by atoms with Gasteiger partial charge in [0.2, 0.25) is 0 Å². The minimum absolute atomic E-state index is 0.158. The van der Waals surface area contributed by atoms with Crippen LogP contribution in [-0.4, -0.2) is 34.9 Å². The number of rotatable bonds is 2. The van der Waals surface area contributed by atoms with Crippen LogP contribution in [0.15, 0.2) is 38.6 Å². The molecule has 0 bridgehead atoms. The second-order valence-corrected chi connectivity index (χ2v) is 9.59. The highest BCUT2D eigenvalue weighted by molar-refractivity contribution is 9.10. The van der Waals surface area contributed by atoms with Crippen LogP contribution >= 0.6 is 27.5 Å². The van der Waals surface area contributed by atoms with Crippen molar-refractivity contribution in [3.8, 4) is 0 Å². The average molecular weight is 523 g/mol. The quantitative estimate of drug-likeness (QED) is 0.375. The molecule has 0 unspecified atom stereocenters. The summed E-state index contributed by atoms with van der Waals surface area (Å²) in [5, 5.41) is 1.04. The van der Waals surface area contributed by atoms with Crippen molar-refractivity contribution in [2.75, 3.05) is 0 Å². The third-order valence-corrected chi connectivity index (χ3v) is 6.07. The van der Waals surface area contributed by atoms with Crippen LogP contribution in [0.1, 0.15) is 26.5 Å². The lowest BCUT2D eigenvalue weighted by Crippen LogP contribution is -2.40. The highest BCUT2D eigenvalue weighted by atomic mass is 79.9. The second kappa shape index (κ2) is 7.63. The first-order chi connectivity index (χ1) is 14.9. The summed E-state index contributed by atoms with van der Waals surface area (Å²) in [6.45, 7) is 5.11. The molecule has 32 heavy (non-hydrogen) atoms. The van der Waals surface area contributed by atoms with Crippen LogP contribution in [0.2, 0.25) is 5.02 Å². The van der Waals surface area contributed by atoms with Crippen molar-refractivity contribution in [3.05, 3.63) is 60.6 Å². The van der Waals surface area contributed by atoms with Gasteiger partial charge >= 0.3 is 11.8 Å². The van der Waals surface area contributed by atoms with Crippen molar-refractivity contribution in [1.82, 2.24) is 23.3 Å². The lowest BCUT2D eigenvalue weighted by atomic mass is 10.2. The fourth-order valence-corrected chi connectivity index (χ4v) is 4.23. The van der Waals surface area contributed by atoms with E-state index in [2.05, 4.69) is 20.9 Å². The van der Waals surface area contributed by atoms with E-state index in [1.165, 1.54) is 9.13 Å². The predicted octanol–water partition coefficient (Wildman–Crippen LogP) is 3.64. The van der Waals surface area contributed by atoms with Gasteiger partial charge < -0.3 is 9.30 Å². The Labute approximate surface area is 195 Å². The monoisotopic (exact) mass is 521 g/mol. The standard InChI is InChI=1S/C21H21BrClN5O4/c1-21(2,3)32-20(31)28-12(9-11-7-6-8-13(23)14(11)28)10-27-17(29)15-16(26(5)19(27)30)24-18(22)25(15)4/h6-9H,10H2,1-5H3. The first kappa shape index (κ1) is 22.3. The van der Waals surface area contributed by atoms with Crippen LogP contribution in [0.25, 0.3) is 22.1 Å². The maximum Gasteiger partial charge on any atom is 0.419 e. The average Bonchev–Trinajstić information content (AvgIpc) is 3.21. The smallest absolute Gasteiger partial charge is 0.419 e. The summed E-state index contributed by atoms with van der Waals surface area (Å²) in [6, 6.07) is 6.95. The lowest BCUT2D eigenvalue weighted by Gasteiger charge is -2.21. The number of nitrogens with zero attached hydrogens (tertiary/aromatic N) is 5. The zero-order valence-electron chi connectivity index (χ0n) is 18.1. The molecular weight excluding hydrogens is 502 g/mol. The minimum atomic E-state index is -0.751. The summed E-state index contributed by atoms with van der Waals surface area (Å²) in [4.78, 5) is 43.6. The largest absolute Gasteiger partial charge is 0.443 e. The van der Waals surface area contributed by atoms with Gasteiger partial charge in [0.25, 0.3) is 5.56 Å². The van der Waals surface area contributed by atoms with Crippen LogP contribution in [0.5, 0.6) is 0 Å². The number of hydrogen-bond acceptors (Lipinski definition) is 5. The molecule has 168 valence electrons. The Morgan fingerprint density at radius 2 is 1.84 bits per heavy atom. The molecule has 0 radical (unpaired) electrons. The fourth-order valence-electron chi connectivity index (χ4n) is 3.62. The van der Waals surface area contributed by atoms with Crippen LogP contribution in [0, 0.1) is 0 Å². The molecule has 0 amide bonds. The van der Waals surface area contributed by atoms with E-state index in [1.807, 2.05) is 0 Å². The molecule has 0 saturated carbocycles. The number of halogens is 2. The van der Waals surface area contributed by atoms with Crippen LogP contribution in [-0.2, 0) is 25.4 Å². The number of benzene rings is 1. The van der Waals surface area contributed by atoms with Gasteiger partial charge in [-0.05, 0) is 48.8 Å². The summed E-state index contributed by atoms with van der Waals surface area (Å²) in [6.07, 6.45) is -0.648. The summed E-state index contributed by atoms with van der Waals surface area (Å²) in [5.41, 5.74) is -0.455. The molecule has 3 heterocycles. The zero-order valence-corrected chi connectivity index (χ0v) is 20.5. The van der Waals surface area contributed by atoms with Crippen LogP contribution < -0.4 is 11.2 Å². The number of ether oxygens (including phenoxy) is 1. The van der Waals surface area contributed by atoms with E-state index in [4.69, 9.17) is 16.3 Å². The molecule has 1 aromatic carbocycles. The van der Waals surface area contributed by atoms with Gasteiger partial charge in [-0.15, -0.1) is 0 Å². The maximum absolute atomic E-state index is 13.2. The van der Waals surface area contributed by atoms with E-state index in [-0.39, 0.29) is 17.7 Å².